The maximum absolute atomic E-state index is 2.72. The van der Waals surface area contributed by atoms with Gasteiger partial charge in [0, 0.05) is 6.04 Å². The largest absolute Gasteiger partial charge is 0.300 e. The first-order valence-electron chi connectivity index (χ1n) is 5.12. The van der Waals surface area contributed by atoms with Gasteiger partial charge in [-0.1, -0.05) is 13.3 Å². The van der Waals surface area contributed by atoms with Gasteiger partial charge in [-0.2, -0.15) is 0 Å². The molecule has 1 aliphatic heterocycles. The summed E-state index contributed by atoms with van der Waals surface area (Å²) < 4.78 is 0. The Bertz CT molecular complexity index is 127. The Morgan fingerprint density at radius 3 is 2.27 bits per heavy atom. The molecule has 2 fully saturated rings. The minimum atomic E-state index is 0.956. The Balaban J connectivity index is 1.92. The van der Waals surface area contributed by atoms with Crippen LogP contribution in [0.25, 0.3) is 0 Å². The average molecular weight is 153 g/mol. The van der Waals surface area contributed by atoms with E-state index in [1.165, 1.54) is 45.2 Å². The summed E-state index contributed by atoms with van der Waals surface area (Å²) in [6.07, 6.45) is 7.32. The molecule has 1 aliphatic carbocycles. The summed E-state index contributed by atoms with van der Waals surface area (Å²) in [5, 5.41) is 0. The van der Waals surface area contributed by atoms with Crippen LogP contribution in [0.4, 0.5) is 0 Å². The van der Waals surface area contributed by atoms with E-state index < -0.39 is 0 Å². The molecular weight excluding hydrogens is 134 g/mol. The Kier molecular flexibility index (Phi) is 2.17. The van der Waals surface area contributed by atoms with Crippen LogP contribution < -0.4 is 0 Å². The second-order valence-corrected chi connectivity index (χ2v) is 4.22. The van der Waals surface area contributed by atoms with Gasteiger partial charge in [-0.25, -0.2) is 0 Å². The lowest BCUT2D eigenvalue weighted by Gasteiger charge is -2.26. The van der Waals surface area contributed by atoms with Crippen LogP contribution in [-0.4, -0.2) is 24.0 Å². The molecule has 0 radical (unpaired) electrons. The molecule has 0 N–H and O–H groups in total. The second kappa shape index (κ2) is 3.14. The molecule has 1 saturated heterocycles. The molecule has 1 unspecified atom stereocenters. The standard InChI is InChI=1S/C10H19N/c1-9-5-4-6-10(9)11-7-2-3-8-11/h9-10H,2-8H2,1H3/t9-,10?/m1/s1. The SMILES string of the molecule is C[C@@H]1CCCC1N1CCCC1. The van der Waals surface area contributed by atoms with E-state index in [9.17, 15) is 0 Å². The highest BCUT2D eigenvalue weighted by atomic mass is 15.2. The third-order valence-electron chi connectivity index (χ3n) is 3.43. The van der Waals surface area contributed by atoms with E-state index in [4.69, 9.17) is 0 Å². The number of hydrogen-bond donors (Lipinski definition) is 0. The van der Waals surface area contributed by atoms with Crippen LogP contribution in [0.15, 0.2) is 0 Å². The van der Waals surface area contributed by atoms with Crippen molar-refractivity contribution < 1.29 is 0 Å². The molecule has 0 aromatic rings. The van der Waals surface area contributed by atoms with Gasteiger partial charge in [0.25, 0.3) is 0 Å². The van der Waals surface area contributed by atoms with Gasteiger partial charge in [-0.05, 0) is 44.7 Å². The van der Waals surface area contributed by atoms with Gasteiger partial charge in [0.05, 0.1) is 0 Å². The predicted octanol–water partition coefficient (Wildman–Crippen LogP) is 2.27. The lowest BCUT2D eigenvalue weighted by atomic mass is 10.1. The molecule has 0 aromatic carbocycles. The smallest absolute Gasteiger partial charge is 0.0121 e. The van der Waals surface area contributed by atoms with Gasteiger partial charge >= 0.3 is 0 Å². The summed E-state index contributed by atoms with van der Waals surface area (Å²) in [5.74, 6) is 0.980. The quantitative estimate of drug-likeness (QED) is 0.558. The molecule has 2 atom stereocenters. The van der Waals surface area contributed by atoms with E-state index in [0.717, 1.165) is 12.0 Å². The van der Waals surface area contributed by atoms with Crippen LogP contribution >= 0.6 is 0 Å². The van der Waals surface area contributed by atoms with E-state index in [2.05, 4.69) is 11.8 Å². The third-order valence-corrected chi connectivity index (χ3v) is 3.43. The van der Waals surface area contributed by atoms with E-state index in [0.29, 0.717) is 0 Å². The average Bonchev–Trinajstić information content (AvgIpc) is 2.55. The lowest BCUT2D eigenvalue weighted by Crippen LogP contribution is -2.34. The highest BCUT2D eigenvalue weighted by Gasteiger charge is 2.29. The molecule has 2 aliphatic rings. The molecule has 0 amide bonds. The van der Waals surface area contributed by atoms with E-state index >= 15 is 0 Å². The minimum absolute atomic E-state index is 0.956. The monoisotopic (exact) mass is 153 g/mol. The van der Waals surface area contributed by atoms with Gasteiger partial charge in [0.15, 0.2) is 0 Å². The molecule has 11 heavy (non-hydrogen) atoms. The van der Waals surface area contributed by atoms with E-state index in [1.54, 1.807) is 0 Å². The van der Waals surface area contributed by atoms with Crippen LogP contribution in [0.2, 0.25) is 0 Å². The van der Waals surface area contributed by atoms with Gasteiger partial charge in [-0.15, -0.1) is 0 Å². The molecule has 64 valence electrons. The summed E-state index contributed by atoms with van der Waals surface area (Å²) >= 11 is 0. The van der Waals surface area contributed by atoms with Crippen molar-refractivity contribution in [3.63, 3.8) is 0 Å². The normalized spacial score (nSPS) is 40.1. The first-order valence-corrected chi connectivity index (χ1v) is 5.12. The molecule has 0 bridgehead atoms. The molecule has 2 rings (SSSR count). The lowest BCUT2D eigenvalue weighted by molar-refractivity contribution is 0.206. The van der Waals surface area contributed by atoms with Gasteiger partial charge < -0.3 is 4.90 Å². The van der Waals surface area contributed by atoms with Crippen molar-refractivity contribution in [2.75, 3.05) is 13.1 Å². The molecule has 1 heterocycles. The van der Waals surface area contributed by atoms with Crippen LogP contribution in [0.3, 0.4) is 0 Å². The van der Waals surface area contributed by atoms with Gasteiger partial charge in [0.1, 0.15) is 0 Å². The summed E-state index contributed by atoms with van der Waals surface area (Å²) in [5.41, 5.74) is 0. The van der Waals surface area contributed by atoms with E-state index in [1.807, 2.05) is 0 Å². The molecule has 0 aromatic heterocycles. The highest BCUT2D eigenvalue weighted by molar-refractivity contribution is 4.84. The minimum Gasteiger partial charge on any atom is -0.300 e. The third kappa shape index (κ3) is 1.44. The molecule has 1 heteroatoms. The zero-order valence-electron chi connectivity index (χ0n) is 7.55. The Hall–Kier alpha value is -0.0400. The van der Waals surface area contributed by atoms with Gasteiger partial charge in [0.2, 0.25) is 0 Å². The fourth-order valence-corrected chi connectivity index (χ4v) is 2.74. The summed E-state index contributed by atoms with van der Waals surface area (Å²) in [6, 6.07) is 0.956. The molecule has 0 spiro atoms. The highest BCUT2D eigenvalue weighted by Crippen LogP contribution is 2.31. The number of hydrogen-bond acceptors (Lipinski definition) is 1. The van der Waals surface area contributed by atoms with E-state index in [-0.39, 0.29) is 0 Å². The fourth-order valence-electron chi connectivity index (χ4n) is 2.74. The summed E-state index contributed by atoms with van der Waals surface area (Å²) in [4.78, 5) is 2.72. The zero-order valence-corrected chi connectivity index (χ0v) is 7.55. The van der Waals surface area contributed by atoms with Crippen LogP contribution in [0.1, 0.15) is 39.0 Å². The topological polar surface area (TPSA) is 3.24 Å². The maximum atomic E-state index is 2.72. The Morgan fingerprint density at radius 2 is 1.73 bits per heavy atom. The van der Waals surface area contributed by atoms with Crippen molar-refractivity contribution in [3.05, 3.63) is 0 Å². The maximum Gasteiger partial charge on any atom is 0.0121 e. The first kappa shape index (κ1) is 7.60. The Labute approximate surface area is 69.8 Å². The van der Waals surface area contributed by atoms with Crippen molar-refractivity contribution >= 4 is 0 Å². The second-order valence-electron chi connectivity index (χ2n) is 4.22. The zero-order chi connectivity index (χ0) is 7.68. The van der Waals surface area contributed by atoms with Crippen molar-refractivity contribution in [2.24, 2.45) is 5.92 Å². The summed E-state index contributed by atoms with van der Waals surface area (Å²) in [7, 11) is 0. The van der Waals surface area contributed by atoms with Crippen molar-refractivity contribution in [2.45, 2.75) is 45.1 Å². The first-order chi connectivity index (χ1) is 5.38. The fraction of sp³-hybridized carbons (Fsp3) is 1.00. The Morgan fingerprint density at radius 1 is 1.00 bits per heavy atom. The molecular formula is C10H19N. The molecule has 1 saturated carbocycles. The van der Waals surface area contributed by atoms with Crippen molar-refractivity contribution in [1.82, 2.24) is 4.90 Å². The number of rotatable bonds is 1. The van der Waals surface area contributed by atoms with Crippen LogP contribution in [0, 0.1) is 5.92 Å². The van der Waals surface area contributed by atoms with Crippen molar-refractivity contribution in [3.8, 4) is 0 Å². The van der Waals surface area contributed by atoms with Crippen LogP contribution in [-0.2, 0) is 0 Å². The number of likely N-dealkylation sites (tertiary alicyclic amines) is 1. The predicted molar refractivity (Wildman–Crippen MR) is 47.6 cm³/mol. The molecule has 1 nitrogen and oxygen atoms in total. The van der Waals surface area contributed by atoms with Crippen molar-refractivity contribution in [1.29, 1.82) is 0 Å². The summed E-state index contributed by atoms with van der Waals surface area (Å²) in [6.45, 7) is 5.19. The van der Waals surface area contributed by atoms with Crippen LogP contribution in [0.5, 0.6) is 0 Å². The van der Waals surface area contributed by atoms with Gasteiger partial charge in [-0.3, -0.25) is 0 Å². The number of nitrogens with zero attached hydrogens (tertiary/aromatic N) is 1.